The molecule has 1 atom stereocenters. The van der Waals surface area contributed by atoms with Crippen LogP contribution in [0.4, 0.5) is 4.79 Å². The predicted octanol–water partition coefficient (Wildman–Crippen LogP) is 0.158. The van der Waals surface area contributed by atoms with Crippen LogP contribution in [0.25, 0.3) is 0 Å². The number of carboxylic acid groups (broad SMARTS) is 1. The Morgan fingerprint density at radius 2 is 2.00 bits per heavy atom. The first kappa shape index (κ1) is 9.74. The van der Waals surface area contributed by atoms with Crippen LogP contribution < -0.4 is 0 Å². The van der Waals surface area contributed by atoms with E-state index in [1.54, 1.807) is 0 Å². The van der Waals surface area contributed by atoms with Crippen LogP contribution in [0.3, 0.4) is 0 Å². The fourth-order valence-corrected chi connectivity index (χ4v) is 0.468. The third kappa shape index (κ3) is 2.45. The van der Waals surface area contributed by atoms with Gasteiger partial charge in [-0.25, -0.2) is 9.59 Å². The summed E-state index contributed by atoms with van der Waals surface area (Å²) in [4.78, 5) is 22.0. The number of nitrogens with zero attached hydrogens (tertiary/aromatic N) is 1. The van der Waals surface area contributed by atoms with Crippen molar-refractivity contribution in [3.8, 4) is 0 Å². The van der Waals surface area contributed by atoms with Gasteiger partial charge in [0.15, 0.2) is 0 Å². The average Bonchev–Trinajstić information content (AvgIpc) is 2.00. The molecule has 0 aliphatic carbocycles. The number of methoxy groups -OCH3 is 1. The Kier molecular flexibility index (Phi) is 3.36. The fourth-order valence-electron chi connectivity index (χ4n) is 0.468. The molecule has 0 rings (SSSR count). The Morgan fingerprint density at radius 3 is 2.27 bits per heavy atom. The molecule has 0 saturated heterocycles. The number of rotatable bonds is 2. The van der Waals surface area contributed by atoms with E-state index in [-0.39, 0.29) is 0 Å². The van der Waals surface area contributed by atoms with E-state index in [1.807, 2.05) is 0 Å². The van der Waals surface area contributed by atoms with Crippen molar-refractivity contribution >= 4 is 12.1 Å². The van der Waals surface area contributed by atoms with Crippen LogP contribution in [0.1, 0.15) is 6.92 Å². The van der Waals surface area contributed by atoms with Gasteiger partial charge in [-0.1, -0.05) is 0 Å². The van der Waals surface area contributed by atoms with Crippen LogP contribution in [0.15, 0.2) is 0 Å². The Morgan fingerprint density at radius 1 is 1.55 bits per heavy atom. The van der Waals surface area contributed by atoms with E-state index in [0.717, 1.165) is 4.90 Å². The fraction of sp³-hybridized carbons (Fsp3) is 0.667. The molecule has 0 saturated carbocycles. The van der Waals surface area contributed by atoms with Crippen molar-refractivity contribution in [3.63, 3.8) is 0 Å². The van der Waals surface area contributed by atoms with E-state index < -0.39 is 18.1 Å². The van der Waals surface area contributed by atoms with E-state index in [1.165, 1.54) is 21.1 Å². The van der Waals surface area contributed by atoms with Crippen LogP contribution >= 0.6 is 0 Å². The molecule has 0 aromatic rings. The van der Waals surface area contributed by atoms with Gasteiger partial charge in [0.25, 0.3) is 0 Å². The zero-order valence-corrected chi connectivity index (χ0v) is 6.70. The largest absolute Gasteiger partial charge is 0.480 e. The van der Waals surface area contributed by atoms with Crippen molar-refractivity contribution in [2.45, 2.75) is 13.0 Å². The molecule has 5 heteroatoms. The van der Waals surface area contributed by atoms with Crippen molar-refractivity contribution in [1.29, 1.82) is 0 Å². The monoisotopic (exact) mass is 161 g/mol. The van der Waals surface area contributed by atoms with Gasteiger partial charge in [0.1, 0.15) is 6.04 Å². The number of ether oxygens (including phenoxy) is 1. The van der Waals surface area contributed by atoms with Gasteiger partial charge in [0.2, 0.25) is 0 Å². The van der Waals surface area contributed by atoms with Gasteiger partial charge in [0.05, 0.1) is 7.11 Å². The van der Waals surface area contributed by atoms with Gasteiger partial charge in [-0.15, -0.1) is 0 Å². The summed E-state index contributed by atoms with van der Waals surface area (Å²) in [6.45, 7) is 1.40. The van der Waals surface area contributed by atoms with Crippen LogP contribution in [0.5, 0.6) is 0 Å². The topological polar surface area (TPSA) is 66.8 Å². The third-order valence-electron chi connectivity index (χ3n) is 1.40. The Bertz CT molecular complexity index is 168. The second-order valence-corrected chi connectivity index (χ2v) is 2.10. The van der Waals surface area contributed by atoms with Gasteiger partial charge < -0.3 is 9.84 Å². The average molecular weight is 161 g/mol. The van der Waals surface area contributed by atoms with Gasteiger partial charge in [-0.05, 0) is 6.92 Å². The molecule has 1 amide bonds. The maximum absolute atomic E-state index is 10.7. The molecule has 64 valence electrons. The van der Waals surface area contributed by atoms with Gasteiger partial charge in [-0.2, -0.15) is 0 Å². The van der Waals surface area contributed by atoms with Crippen molar-refractivity contribution in [3.05, 3.63) is 0 Å². The summed E-state index contributed by atoms with van der Waals surface area (Å²) in [5.74, 6) is -1.06. The van der Waals surface area contributed by atoms with Crippen LogP contribution in [0, 0.1) is 0 Å². The Labute approximate surface area is 64.6 Å². The number of amides is 1. The number of likely N-dealkylation sites (N-methyl/N-ethyl adjacent to an activating group) is 1. The smallest absolute Gasteiger partial charge is 0.409 e. The highest BCUT2D eigenvalue weighted by atomic mass is 16.5. The molecular weight excluding hydrogens is 150 g/mol. The van der Waals surface area contributed by atoms with Crippen LogP contribution in [-0.4, -0.2) is 42.3 Å². The molecule has 0 radical (unpaired) electrons. The van der Waals surface area contributed by atoms with E-state index in [4.69, 9.17) is 5.11 Å². The van der Waals surface area contributed by atoms with Gasteiger partial charge >= 0.3 is 12.1 Å². The minimum Gasteiger partial charge on any atom is -0.480 e. The van der Waals surface area contributed by atoms with E-state index in [9.17, 15) is 9.59 Å². The third-order valence-corrected chi connectivity index (χ3v) is 1.40. The second kappa shape index (κ2) is 3.80. The van der Waals surface area contributed by atoms with Crippen molar-refractivity contribution in [2.75, 3.05) is 14.2 Å². The zero-order chi connectivity index (χ0) is 9.02. The summed E-state index contributed by atoms with van der Waals surface area (Å²) < 4.78 is 4.31. The molecule has 1 N–H and O–H groups in total. The molecule has 0 bridgehead atoms. The summed E-state index contributed by atoms with van der Waals surface area (Å²) in [5, 5.41) is 8.45. The Balaban J connectivity index is 4.12. The minimum atomic E-state index is -1.06. The molecule has 0 aliphatic heterocycles. The van der Waals surface area contributed by atoms with E-state index >= 15 is 0 Å². The number of carboxylic acids is 1. The highest BCUT2D eigenvalue weighted by Gasteiger charge is 2.21. The highest BCUT2D eigenvalue weighted by Crippen LogP contribution is 1.97. The first-order chi connectivity index (χ1) is 5.00. The number of hydrogen-bond donors (Lipinski definition) is 1. The van der Waals surface area contributed by atoms with E-state index in [2.05, 4.69) is 4.74 Å². The first-order valence-electron chi connectivity index (χ1n) is 3.04. The number of carbonyl (C=O) groups is 2. The lowest BCUT2D eigenvalue weighted by Gasteiger charge is -2.19. The maximum Gasteiger partial charge on any atom is 0.409 e. The zero-order valence-electron chi connectivity index (χ0n) is 6.70. The standard InChI is InChI=1S/C6H11NO4/c1-4(5(8)9)7(2)6(10)11-3/h4H,1-3H3,(H,8,9). The molecule has 0 fully saturated rings. The lowest BCUT2D eigenvalue weighted by Crippen LogP contribution is -2.40. The number of carbonyl (C=O) groups excluding carboxylic acids is 1. The van der Waals surface area contributed by atoms with Gasteiger partial charge in [-0.3, -0.25) is 4.90 Å². The predicted molar refractivity (Wildman–Crippen MR) is 37.3 cm³/mol. The van der Waals surface area contributed by atoms with Crippen molar-refractivity contribution in [1.82, 2.24) is 4.90 Å². The van der Waals surface area contributed by atoms with E-state index in [0.29, 0.717) is 0 Å². The SMILES string of the molecule is COC(=O)N(C)C(C)C(=O)O. The lowest BCUT2D eigenvalue weighted by molar-refractivity contribution is -0.141. The number of hydrogen-bond acceptors (Lipinski definition) is 3. The summed E-state index contributed by atoms with van der Waals surface area (Å²) >= 11 is 0. The molecule has 0 spiro atoms. The van der Waals surface area contributed by atoms with Gasteiger partial charge in [0, 0.05) is 7.05 Å². The highest BCUT2D eigenvalue weighted by molar-refractivity contribution is 5.79. The van der Waals surface area contributed by atoms with Crippen molar-refractivity contribution in [2.24, 2.45) is 0 Å². The lowest BCUT2D eigenvalue weighted by atomic mass is 10.3. The molecule has 0 heterocycles. The molecule has 0 aromatic carbocycles. The summed E-state index contributed by atoms with van der Waals surface area (Å²) in [5.41, 5.74) is 0. The molecule has 5 nitrogen and oxygen atoms in total. The molecule has 0 aromatic heterocycles. The van der Waals surface area contributed by atoms with Crippen LogP contribution in [-0.2, 0) is 9.53 Å². The quantitative estimate of drug-likeness (QED) is 0.626. The summed E-state index contributed by atoms with van der Waals surface area (Å²) in [6.07, 6.45) is -0.653. The van der Waals surface area contributed by atoms with Crippen molar-refractivity contribution < 1.29 is 19.4 Å². The molecule has 0 aliphatic rings. The molecule has 11 heavy (non-hydrogen) atoms. The van der Waals surface area contributed by atoms with Crippen LogP contribution in [0.2, 0.25) is 0 Å². The summed E-state index contributed by atoms with van der Waals surface area (Å²) in [6, 6.07) is -0.859. The number of aliphatic carboxylic acids is 1. The maximum atomic E-state index is 10.7. The first-order valence-corrected chi connectivity index (χ1v) is 3.04. The molecule has 1 unspecified atom stereocenters. The second-order valence-electron chi connectivity index (χ2n) is 2.10. The summed E-state index contributed by atoms with van der Waals surface area (Å²) in [7, 11) is 2.57. The normalized spacial score (nSPS) is 11.9. The molecular formula is C6H11NO4. The minimum absolute atomic E-state index is 0.653. The Hall–Kier alpha value is -1.26.